The Balaban J connectivity index is 2.06. The molecule has 2 aromatic heterocycles. The van der Waals surface area contributed by atoms with Gasteiger partial charge in [-0.05, 0) is 24.5 Å². The molecular formula is C13H19N5. The standard InChI is InChI=1S/C13H19N5/c1-3-4-12(14)13-9-18(17-16-13)8-11-5-10(2)6-15-7-11/h5-7,9,12H,3-4,8,14H2,1-2H3. The molecule has 0 bridgehead atoms. The van der Waals surface area contributed by atoms with Crippen LogP contribution >= 0.6 is 0 Å². The van der Waals surface area contributed by atoms with Gasteiger partial charge in [-0.1, -0.05) is 24.6 Å². The molecule has 0 amide bonds. The molecule has 0 radical (unpaired) electrons. The Morgan fingerprint density at radius 1 is 1.39 bits per heavy atom. The molecule has 18 heavy (non-hydrogen) atoms. The lowest BCUT2D eigenvalue weighted by Crippen LogP contribution is -2.10. The molecule has 5 nitrogen and oxygen atoms in total. The molecule has 2 aromatic rings. The van der Waals surface area contributed by atoms with Crippen LogP contribution in [0.3, 0.4) is 0 Å². The van der Waals surface area contributed by atoms with Crippen molar-refractivity contribution in [2.45, 2.75) is 39.3 Å². The van der Waals surface area contributed by atoms with Gasteiger partial charge < -0.3 is 5.73 Å². The number of aryl methyl sites for hydroxylation is 1. The number of nitrogens with two attached hydrogens (primary N) is 1. The maximum Gasteiger partial charge on any atom is 0.0994 e. The second-order valence-electron chi connectivity index (χ2n) is 4.61. The average Bonchev–Trinajstić information content (AvgIpc) is 2.78. The van der Waals surface area contributed by atoms with E-state index in [1.807, 2.05) is 25.5 Å². The van der Waals surface area contributed by atoms with Gasteiger partial charge in [0.25, 0.3) is 0 Å². The normalized spacial score (nSPS) is 12.6. The molecule has 1 atom stereocenters. The lowest BCUT2D eigenvalue weighted by molar-refractivity contribution is 0.617. The predicted molar refractivity (Wildman–Crippen MR) is 69.9 cm³/mol. The first kappa shape index (κ1) is 12.7. The molecule has 2 heterocycles. The van der Waals surface area contributed by atoms with E-state index >= 15 is 0 Å². The molecule has 0 fully saturated rings. The van der Waals surface area contributed by atoms with Crippen molar-refractivity contribution < 1.29 is 0 Å². The molecule has 0 aliphatic carbocycles. The highest BCUT2D eigenvalue weighted by atomic mass is 15.4. The summed E-state index contributed by atoms with van der Waals surface area (Å²) in [5.41, 5.74) is 9.14. The van der Waals surface area contributed by atoms with Gasteiger partial charge in [0.05, 0.1) is 24.5 Å². The average molecular weight is 245 g/mol. The van der Waals surface area contributed by atoms with Gasteiger partial charge in [-0.2, -0.15) is 0 Å². The fourth-order valence-corrected chi connectivity index (χ4v) is 1.91. The largest absolute Gasteiger partial charge is 0.323 e. The SMILES string of the molecule is CCCC(N)c1cn(Cc2cncc(C)c2)nn1. The van der Waals surface area contributed by atoms with Crippen LogP contribution in [0.15, 0.2) is 24.7 Å². The van der Waals surface area contributed by atoms with E-state index in [-0.39, 0.29) is 6.04 Å². The minimum absolute atomic E-state index is 0.0145. The summed E-state index contributed by atoms with van der Waals surface area (Å²) in [7, 11) is 0. The van der Waals surface area contributed by atoms with Crippen LogP contribution in [0.1, 0.15) is 42.6 Å². The van der Waals surface area contributed by atoms with Crippen molar-refractivity contribution in [2.75, 3.05) is 0 Å². The summed E-state index contributed by atoms with van der Waals surface area (Å²) < 4.78 is 1.81. The van der Waals surface area contributed by atoms with E-state index < -0.39 is 0 Å². The summed E-state index contributed by atoms with van der Waals surface area (Å²) in [6.45, 7) is 4.82. The Morgan fingerprint density at radius 3 is 2.94 bits per heavy atom. The zero-order valence-corrected chi connectivity index (χ0v) is 10.9. The van der Waals surface area contributed by atoms with E-state index in [1.165, 1.54) is 0 Å². The monoisotopic (exact) mass is 245 g/mol. The van der Waals surface area contributed by atoms with E-state index in [9.17, 15) is 0 Å². The van der Waals surface area contributed by atoms with Gasteiger partial charge in [-0.25, -0.2) is 4.68 Å². The van der Waals surface area contributed by atoms with Crippen LogP contribution in [-0.2, 0) is 6.54 Å². The molecule has 2 rings (SSSR count). The van der Waals surface area contributed by atoms with E-state index in [1.54, 1.807) is 4.68 Å². The van der Waals surface area contributed by atoms with Gasteiger partial charge in [0.15, 0.2) is 0 Å². The highest BCUT2D eigenvalue weighted by molar-refractivity contribution is 5.16. The summed E-state index contributed by atoms with van der Waals surface area (Å²) in [5.74, 6) is 0. The molecule has 0 aliphatic rings. The highest BCUT2D eigenvalue weighted by Crippen LogP contribution is 2.12. The Morgan fingerprint density at radius 2 is 2.22 bits per heavy atom. The summed E-state index contributed by atoms with van der Waals surface area (Å²) in [6, 6.07) is 2.08. The van der Waals surface area contributed by atoms with Crippen LogP contribution in [0, 0.1) is 6.92 Å². The van der Waals surface area contributed by atoms with Crippen molar-refractivity contribution in [2.24, 2.45) is 5.73 Å². The number of pyridine rings is 1. The molecule has 0 saturated carbocycles. The van der Waals surface area contributed by atoms with Crippen LogP contribution in [0.4, 0.5) is 0 Å². The third-order valence-electron chi connectivity index (χ3n) is 2.81. The first-order valence-electron chi connectivity index (χ1n) is 6.25. The van der Waals surface area contributed by atoms with Crippen LogP contribution < -0.4 is 5.73 Å². The third-order valence-corrected chi connectivity index (χ3v) is 2.81. The maximum atomic E-state index is 6.01. The number of hydrogen-bond donors (Lipinski definition) is 1. The maximum absolute atomic E-state index is 6.01. The molecule has 0 aromatic carbocycles. The zero-order valence-electron chi connectivity index (χ0n) is 10.9. The predicted octanol–water partition coefficient (Wildman–Crippen LogP) is 1.83. The Hall–Kier alpha value is -1.75. The van der Waals surface area contributed by atoms with Crippen LogP contribution in [0.5, 0.6) is 0 Å². The van der Waals surface area contributed by atoms with E-state index in [4.69, 9.17) is 5.73 Å². The van der Waals surface area contributed by atoms with Gasteiger partial charge in [0.1, 0.15) is 0 Å². The van der Waals surface area contributed by atoms with Crippen molar-refractivity contribution in [3.05, 3.63) is 41.5 Å². The van der Waals surface area contributed by atoms with Gasteiger partial charge in [-0.15, -0.1) is 5.10 Å². The topological polar surface area (TPSA) is 69.6 Å². The lowest BCUT2D eigenvalue weighted by Gasteiger charge is -2.04. The van der Waals surface area contributed by atoms with E-state index in [2.05, 4.69) is 28.3 Å². The Kier molecular flexibility index (Phi) is 4.04. The molecule has 2 N–H and O–H groups in total. The summed E-state index contributed by atoms with van der Waals surface area (Å²) in [4.78, 5) is 4.17. The fraction of sp³-hybridized carbons (Fsp3) is 0.462. The quantitative estimate of drug-likeness (QED) is 0.872. The Labute approximate surface area is 107 Å². The van der Waals surface area contributed by atoms with Crippen LogP contribution in [0.2, 0.25) is 0 Å². The molecular weight excluding hydrogens is 226 g/mol. The van der Waals surface area contributed by atoms with Crippen molar-refractivity contribution >= 4 is 0 Å². The number of aromatic nitrogens is 4. The highest BCUT2D eigenvalue weighted by Gasteiger charge is 2.09. The second-order valence-corrected chi connectivity index (χ2v) is 4.61. The summed E-state index contributed by atoms with van der Waals surface area (Å²) >= 11 is 0. The number of nitrogens with zero attached hydrogens (tertiary/aromatic N) is 4. The summed E-state index contributed by atoms with van der Waals surface area (Å²) in [5, 5.41) is 8.22. The van der Waals surface area contributed by atoms with Crippen molar-refractivity contribution in [3.8, 4) is 0 Å². The van der Waals surface area contributed by atoms with E-state index in [0.717, 1.165) is 29.7 Å². The third kappa shape index (κ3) is 3.13. The summed E-state index contributed by atoms with van der Waals surface area (Å²) in [6.07, 6.45) is 7.59. The first-order chi connectivity index (χ1) is 8.69. The molecule has 1 unspecified atom stereocenters. The molecule has 0 aliphatic heterocycles. The van der Waals surface area contributed by atoms with Crippen molar-refractivity contribution in [1.82, 2.24) is 20.0 Å². The molecule has 96 valence electrons. The second kappa shape index (κ2) is 5.73. The molecule has 0 saturated heterocycles. The van der Waals surface area contributed by atoms with Gasteiger partial charge in [0, 0.05) is 12.4 Å². The van der Waals surface area contributed by atoms with Crippen molar-refractivity contribution in [3.63, 3.8) is 0 Å². The van der Waals surface area contributed by atoms with Crippen LogP contribution in [-0.4, -0.2) is 20.0 Å². The number of hydrogen-bond acceptors (Lipinski definition) is 4. The minimum Gasteiger partial charge on any atom is -0.323 e. The molecule has 0 spiro atoms. The zero-order chi connectivity index (χ0) is 13.0. The smallest absolute Gasteiger partial charge is 0.0994 e. The van der Waals surface area contributed by atoms with Gasteiger partial charge in [0.2, 0.25) is 0 Å². The van der Waals surface area contributed by atoms with Crippen molar-refractivity contribution in [1.29, 1.82) is 0 Å². The molecule has 5 heteroatoms. The minimum atomic E-state index is -0.0145. The fourth-order valence-electron chi connectivity index (χ4n) is 1.91. The van der Waals surface area contributed by atoms with E-state index in [0.29, 0.717) is 6.54 Å². The Bertz CT molecular complexity index is 506. The first-order valence-corrected chi connectivity index (χ1v) is 6.25. The van der Waals surface area contributed by atoms with Crippen LogP contribution in [0.25, 0.3) is 0 Å². The lowest BCUT2D eigenvalue weighted by atomic mass is 10.1. The number of rotatable bonds is 5. The van der Waals surface area contributed by atoms with Gasteiger partial charge >= 0.3 is 0 Å². The van der Waals surface area contributed by atoms with Gasteiger partial charge in [-0.3, -0.25) is 4.98 Å².